The lowest BCUT2D eigenvalue weighted by molar-refractivity contribution is 0.01000. The molecule has 1 saturated heterocycles. The topological polar surface area (TPSA) is 105 Å². The number of aliphatic imine (C=N–C) groups is 1. The van der Waals surface area contributed by atoms with E-state index in [-0.39, 0.29) is 23.8 Å². The Morgan fingerprint density at radius 3 is 2.92 bits per heavy atom. The maximum atomic E-state index is 13.0. The Morgan fingerprint density at radius 2 is 2.10 bits per heavy atom. The van der Waals surface area contributed by atoms with Crippen molar-refractivity contribution >= 4 is 17.8 Å². The van der Waals surface area contributed by atoms with E-state index >= 15 is 0 Å². The van der Waals surface area contributed by atoms with Crippen molar-refractivity contribution in [1.29, 1.82) is 5.26 Å². The SMILES string of the molecule is Cc1ccc(NC(=O)c2cccc(C(C)C#N)c2)cc1-n1cc(C2C=NC=CC2OCCN2CCOCC2)cn1. The molecule has 0 aliphatic carbocycles. The molecule has 1 N–H and O–H groups in total. The van der Waals surface area contributed by atoms with Crippen LogP contribution in [-0.2, 0) is 9.47 Å². The number of carbonyl (C=O) groups is 1. The number of hydrogen-bond donors (Lipinski definition) is 1. The molecule has 0 radical (unpaired) electrons. The minimum absolute atomic E-state index is 0.0466. The van der Waals surface area contributed by atoms with Crippen LogP contribution in [0.2, 0.25) is 0 Å². The molecule has 3 atom stereocenters. The molecule has 5 rings (SSSR count). The zero-order chi connectivity index (χ0) is 27.9. The molecule has 3 unspecified atom stereocenters. The summed E-state index contributed by atoms with van der Waals surface area (Å²) in [4.78, 5) is 19.7. The Bertz CT molecular complexity index is 1430. The summed E-state index contributed by atoms with van der Waals surface area (Å²) in [7, 11) is 0. The quantitative estimate of drug-likeness (QED) is 0.431. The Kier molecular flexibility index (Phi) is 8.81. The number of amides is 1. The molecular formula is C31H34N6O3. The summed E-state index contributed by atoms with van der Waals surface area (Å²) in [5, 5.41) is 16.8. The van der Waals surface area contributed by atoms with E-state index in [2.05, 4.69) is 26.4 Å². The lowest BCUT2D eigenvalue weighted by Crippen LogP contribution is -2.39. The Hall–Kier alpha value is -4.10. The molecule has 9 heteroatoms. The molecule has 1 aromatic heterocycles. The molecule has 0 spiro atoms. The van der Waals surface area contributed by atoms with Gasteiger partial charge >= 0.3 is 0 Å². The van der Waals surface area contributed by atoms with Crippen LogP contribution >= 0.6 is 0 Å². The fraction of sp³-hybridized carbons (Fsp3) is 0.355. The number of benzene rings is 2. The van der Waals surface area contributed by atoms with Gasteiger partial charge in [0.05, 0.1) is 55.7 Å². The first-order valence-electron chi connectivity index (χ1n) is 13.6. The van der Waals surface area contributed by atoms with Crippen LogP contribution in [0.3, 0.4) is 0 Å². The molecule has 206 valence electrons. The molecule has 3 heterocycles. The molecule has 0 bridgehead atoms. The normalized spacial score (nSPS) is 19.7. The van der Waals surface area contributed by atoms with Crippen molar-refractivity contribution in [2.45, 2.75) is 31.8 Å². The smallest absolute Gasteiger partial charge is 0.255 e. The minimum atomic E-state index is -0.285. The standard InChI is InChI=1S/C31H34N6O3/c1-22-6-7-27(35-31(38)25-5-3-4-24(16-25)23(2)18-32)17-29(22)37-21-26(19-34-37)28-20-33-9-8-30(28)40-15-12-36-10-13-39-14-11-36/h3-9,16-17,19-21,23,28,30H,10-15H2,1-2H3,(H,35,38). The number of ether oxygens (including phenoxy) is 2. The largest absolute Gasteiger partial charge is 0.379 e. The monoisotopic (exact) mass is 538 g/mol. The lowest BCUT2D eigenvalue weighted by Gasteiger charge is -2.28. The van der Waals surface area contributed by atoms with Crippen molar-refractivity contribution in [1.82, 2.24) is 14.7 Å². The lowest BCUT2D eigenvalue weighted by atomic mass is 9.96. The van der Waals surface area contributed by atoms with E-state index in [1.54, 1.807) is 24.4 Å². The number of nitriles is 1. The van der Waals surface area contributed by atoms with Crippen LogP contribution in [0.15, 0.2) is 72.1 Å². The minimum Gasteiger partial charge on any atom is -0.379 e. The Morgan fingerprint density at radius 1 is 1.25 bits per heavy atom. The van der Waals surface area contributed by atoms with Gasteiger partial charge in [-0.1, -0.05) is 18.2 Å². The van der Waals surface area contributed by atoms with Crippen LogP contribution in [0.5, 0.6) is 0 Å². The molecule has 2 aromatic carbocycles. The predicted octanol–water partition coefficient (Wildman–Crippen LogP) is 4.46. The molecule has 2 aliphatic heterocycles. The van der Waals surface area contributed by atoms with Crippen LogP contribution in [0.25, 0.3) is 5.69 Å². The van der Waals surface area contributed by atoms with E-state index < -0.39 is 0 Å². The van der Waals surface area contributed by atoms with Gasteiger partial charge < -0.3 is 14.8 Å². The van der Waals surface area contributed by atoms with Gasteiger partial charge in [0.15, 0.2) is 0 Å². The van der Waals surface area contributed by atoms with Crippen LogP contribution in [-0.4, -0.2) is 72.4 Å². The van der Waals surface area contributed by atoms with E-state index in [4.69, 9.17) is 9.47 Å². The van der Waals surface area contributed by atoms with E-state index in [1.165, 1.54) is 0 Å². The van der Waals surface area contributed by atoms with Gasteiger partial charge in [0, 0.05) is 55.1 Å². The van der Waals surface area contributed by atoms with Crippen molar-refractivity contribution in [2.75, 3.05) is 44.8 Å². The first kappa shape index (κ1) is 27.5. The summed E-state index contributed by atoms with van der Waals surface area (Å²) in [5.41, 5.74) is 4.87. The van der Waals surface area contributed by atoms with Gasteiger partial charge in [-0.15, -0.1) is 0 Å². The Labute approximate surface area is 234 Å². The summed E-state index contributed by atoms with van der Waals surface area (Å²) in [6.45, 7) is 8.76. The summed E-state index contributed by atoms with van der Waals surface area (Å²) in [6, 6.07) is 15.1. The molecule has 2 aliphatic rings. The average molecular weight is 539 g/mol. The average Bonchev–Trinajstić information content (AvgIpc) is 3.48. The van der Waals surface area contributed by atoms with Crippen molar-refractivity contribution < 1.29 is 14.3 Å². The molecule has 3 aromatic rings. The van der Waals surface area contributed by atoms with E-state index in [9.17, 15) is 10.1 Å². The molecule has 1 fully saturated rings. The molecule has 1 amide bonds. The highest BCUT2D eigenvalue weighted by Gasteiger charge is 2.24. The summed E-state index contributed by atoms with van der Waals surface area (Å²) < 4.78 is 13.5. The summed E-state index contributed by atoms with van der Waals surface area (Å²) >= 11 is 0. The summed E-state index contributed by atoms with van der Waals surface area (Å²) in [5.74, 6) is -0.563. The van der Waals surface area contributed by atoms with Crippen molar-refractivity contribution in [2.24, 2.45) is 4.99 Å². The molecular weight excluding hydrogens is 504 g/mol. The molecule has 0 saturated carbocycles. The number of aryl methyl sites for hydroxylation is 1. The Balaban J connectivity index is 1.27. The number of aromatic nitrogens is 2. The van der Waals surface area contributed by atoms with Crippen molar-refractivity contribution in [3.63, 3.8) is 0 Å². The van der Waals surface area contributed by atoms with Crippen LogP contribution in [0.1, 0.15) is 45.8 Å². The van der Waals surface area contributed by atoms with Gasteiger partial charge in [-0.05, 0) is 55.3 Å². The zero-order valence-corrected chi connectivity index (χ0v) is 22.9. The number of hydrogen-bond acceptors (Lipinski definition) is 7. The third-order valence-corrected chi connectivity index (χ3v) is 7.33. The first-order valence-corrected chi connectivity index (χ1v) is 13.6. The van der Waals surface area contributed by atoms with Crippen molar-refractivity contribution in [3.05, 3.63) is 89.4 Å². The number of rotatable bonds is 9. The van der Waals surface area contributed by atoms with E-state index in [0.29, 0.717) is 17.9 Å². The molecule has 40 heavy (non-hydrogen) atoms. The predicted molar refractivity (Wildman–Crippen MR) is 154 cm³/mol. The summed E-state index contributed by atoms with van der Waals surface area (Å²) in [6.07, 6.45) is 9.41. The van der Waals surface area contributed by atoms with Gasteiger partial charge in [0.1, 0.15) is 0 Å². The third kappa shape index (κ3) is 6.54. The number of nitrogens with zero attached hydrogens (tertiary/aromatic N) is 5. The highest BCUT2D eigenvalue weighted by atomic mass is 16.5. The zero-order valence-electron chi connectivity index (χ0n) is 22.9. The fourth-order valence-electron chi connectivity index (χ4n) is 4.86. The second-order valence-corrected chi connectivity index (χ2v) is 10.1. The van der Waals surface area contributed by atoms with Gasteiger partial charge in [0.2, 0.25) is 0 Å². The maximum Gasteiger partial charge on any atom is 0.255 e. The highest BCUT2D eigenvalue weighted by Crippen LogP contribution is 2.27. The van der Waals surface area contributed by atoms with E-state index in [0.717, 1.165) is 55.2 Å². The second kappa shape index (κ2) is 12.8. The van der Waals surface area contributed by atoms with Crippen LogP contribution in [0.4, 0.5) is 5.69 Å². The van der Waals surface area contributed by atoms with Gasteiger partial charge in [-0.25, -0.2) is 4.68 Å². The van der Waals surface area contributed by atoms with Crippen LogP contribution < -0.4 is 5.32 Å². The number of carbonyl (C=O) groups excluding carboxylic acids is 1. The number of nitrogens with one attached hydrogen (secondary N) is 1. The second-order valence-electron chi connectivity index (χ2n) is 10.1. The number of morpholine rings is 1. The third-order valence-electron chi connectivity index (χ3n) is 7.33. The highest BCUT2D eigenvalue weighted by molar-refractivity contribution is 6.04. The maximum absolute atomic E-state index is 13.0. The number of anilines is 1. The van der Waals surface area contributed by atoms with Gasteiger partial charge in [-0.3, -0.25) is 14.7 Å². The van der Waals surface area contributed by atoms with Crippen LogP contribution in [0, 0.1) is 18.3 Å². The van der Waals surface area contributed by atoms with Crippen molar-refractivity contribution in [3.8, 4) is 11.8 Å². The molecule has 9 nitrogen and oxygen atoms in total. The van der Waals surface area contributed by atoms with Gasteiger partial charge in [-0.2, -0.15) is 10.4 Å². The van der Waals surface area contributed by atoms with E-state index in [1.807, 2.05) is 67.5 Å². The van der Waals surface area contributed by atoms with Gasteiger partial charge in [0.25, 0.3) is 5.91 Å². The fourth-order valence-corrected chi connectivity index (χ4v) is 4.86. The first-order chi connectivity index (χ1) is 19.5.